The highest BCUT2D eigenvalue weighted by Gasteiger charge is 2.31. The number of hydrogen-bond acceptors (Lipinski definition) is 4. The average Bonchev–Trinajstić information content (AvgIpc) is 3.20. The molecule has 2 aliphatic rings. The number of nitrogens with one attached hydrogen (secondary N) is 1. The Kier molecular flexibility index (Phi) is 5.99. The second-order valence-electron chi connectivity index (χ2n) is 8.93. The van der Waals surface area contributed by atoms with Crippen LogP contribution >= 0.6 is 0 Å². The summed E-state index contributed by atoms with van der Waals surface area (Å²) in [6, 6.07) is 20.2. The van der Waals surface area contributed by atoms with Gasteiger partial charge in [0.05, 0.1) is 5.56 Å². The van der Waals surface area contributed by atoms with Crippen LogP contribution in [-0.4, -0.2) is 42.3 Å². The number of carboxylic acid groups (broad SMARTS) is 1. The van der Waals surface area contributed by atoms with Crippen LogP contribution in [0, 0.1) is 0 Å². The molecule has 3 aromatic carbocycles. The Morgan fingerprint density at radius 1 is 1.03 bits per heavy atom. The molecule has 0 bridgehead atoms. The van der Waals surface area contributed by atoms with Gasteiger partial charge in [-0.25, -0.2) is 9.59 Å². The number of rotatable bonds is 5. The molecule has 178 valence electrons. The molecule has 0 fully saturated rings. The Balaban J connectivity index is 1.24. The minimum atomic E-state index is -0.999. The molecule has 0 saturated carbocycles. The Morgan fingerprint density at radius 2 is 1.69 bits per heavy atom. The van der Waals surface area contributed by atoms with E-state index < -0.39 is 18.1 Å². The van der Waals surface area contributed by atoms with Crippen LogP contribution in [0.2, 0.25) is 0 Å². The fraction of sp³-hybridized carbons (Fsp3) is 0.250. The fourth-order valence-corrected chi connectivity index (χ4v) is 5.07. The maximum atomic E-state index is 13.1. The van der Waals surface area contributed by atoms with Crippen LogP contribution in [-0.2, 0) is 16.0 Å². The van der Waals surface area contributed by atoms with Crippen LogP contribution in [0.15, 0.2) is 66.7 Å². The van der Waals surface area contributed by atoms with Gasteiger partial charge in [-0.15, -0.1) is 0 Å². The average molecular weight is 471 g/mol. The van der Waals surface area contributed by atoms with Crippen LogP contribution in [0.4, 0.5) is 10.5 Å². The predicted molar refractivity (Wildman–Crippen MR) is 132 cm³/mol. The number of benzene rings is 3. The summed E-state index contributed by atoms with van der Waals surface area (Å²) >= 11 is 0. The van der Waals surface area contributed by atoms with Crippen LogP contribution < -0.4 is 10.2 Å². The number of aromatic carboxylic acids is 1. The minimum absolute atomic E-state index is 0.0587. The van der Waals surface area contributed by atoms with Crippen molar-refractivity contribution in [3.8, 4) is 11.1 Å². The molecular formula is C28H26N2O5. The van der Waals surface area contributed by atoms with E-state index in [1.165, 1.54) is 6.07 Å². The van der Waals surface area contributed by atoms with Crippen molar-refractivity contribution >= 4 is 23.7 Å². The SMILES string of the molecule is C[C@H](NC(=O)OCC1c2ccccc2-c2ccccc21)C(=O)N1CCCc2cc(C(=O)O)ccc21. The number of alkyl carbamates (subject to hydrolysis) is 1. The number of anilines is 1. The van der Waals surface area contributed by atoms with Crippen molar-refractivity contribution in [3.05, 3.63) is 89.0 Å². The summed E-state index contributed by atoms with van der Waals surface area (Å²) in [5, 5.41) is 11.9. The number of carbonyl (C=O) groups excluding carboxylic acids is 2. The molecule has 0 unspecified atom stereocenters. The highest BCUT2D eigenvalue weighted by atomic mass is 16.5. The van der Waals surface area contributed by atoms with Crippen LogP contribution in [0.1, 0.15) is 46.3 Å². The van der Waals surface area contributed by atoms with Crippen molar-refractivity contribution in [1.82, 2.24) is 5.32 Å². The van der Waals surface area contributed by atoms with Crippen molar-refractivity contribution in [2.45, 2.75) is 31.7 Å². The number of ether oxygens (including phenoxy) is 1. The maximum absolute atomic E-state index is 13.1. The van der Waals surface area contributed by atoms with Gasteiger partial charge in [0.15, 0.2) is 0 Å². The molecule has 0 spiro atoms. The van der Waals surface area contributed by atoms with Gasteiger partial charge in [0.2, 0.25) is 5.91 Å². The van der Waals surface area contributed by atoms with Gasteiger partial charge in [-0.1, -0.05) is 48.5 Å². The summed E-state index contributed by atoms with van der Waals surface area (Å²) in [6.45, 7) is 2.31. The van der Waals surface area contributed by atoms with E-state index in [2.05, 4.69) is 29.6 Å². The summed E-state index contributed by atoms with van der Waals surface area (Å²) < 4.78 is 5.57. The van der Waals surface area contributed by atoms with Crippen molar-refractivity contribution in [2.75, 3.05) is 18.1 Å². The number of fused-ring (bicyclic) bond motifs is 4. The van der Waals surface area contributed by atoms with Gasteiger partial charge in [-0.3, -0.25) is 4.79 Å². The molecule has 0 saturated heterocycles. The molecular weight excluding hydrogens is 444 g/mol. The highest BCUT2D eigenvalue weighted by Crippen LogP contribution is 2.44. The predicted octanol–water partition coefficient (Wildman–Crippen LogP) is 4.59. The Bertz CT molecular complexity index is 1270. The molecule has 1 heterocycles. The van der Waals surface area contributed by atoms with Crippen molar-refractivity contribution < 1.29 is 24.2 Å². The minimum Gasteiger partial charge on any atom is -0.478 e. The molecule has 0 radical (unpaired) electrons. The zero-order chi connectivity index (χ0) is 24.5. The first-order chi connectivity index (χ1) is 16.9. The van der Waals surface area contributed by atoms with Gasteiger partial charge >= 0.3 is 12.1 Å². The first kappa shape index (κ1) is 22.7. The first-order valence-electron chi connectivity index (χ1n) is 11.7. The molecule has 7 nitrogen and oxygen atoms in total. The van der Waals surface area contributed by atoms with Crippen LogP contribution in [0.25, 0.3) is 11.1 Å². The van der Waals surface area contributed by atoms with Crippen molar-refractivity contribution in [2.24, 2.45) is 0 Å². The number of aryl methyl sites for hydroxylation is 1. The Morgan fingerprint density at radius 3 is 2.34 bits per heavy atom. The third-order valence-electron chi connectivity index (χ3n) is 6.76. The normalized spacial score (nSPS) is 14.9. The standard InChI is InChI=1S/C28H26N2O5/c1-17(26(31)30-14-6-7-18-15-19(27(32)33)12-13-25(18)30)29-28(34)35-16-24-22-10-4-2-8-20(22)21-9-3-5-11-23(21)24/h2-5,8-13,15,17,24H,6-7,14,16H2,1H3,(H,29,34)(H,32,33)/t17-/m0/s1. The summed E-state index contributed by atoms with van der Waals surface area (Å²) in [5.74, 6) is -1.32. The number of hydrogen-bond donors (Lipinski definition) is 2. The molecule has 2 N–H and O–H groups in total. The molecule has 7 heteroatoms. The molecule has 2 amide bonds. The lowest BCUT2D eigenvalue weighted by molar-refractivity contribution is -0.120. The van der Waals surface area contributed by atoms with Crippen molar-refractivity contribution in [3.63, 3.8) is 0 Å². The number of carbonyl (C=O) groups is 3. The fourth-order valence-electron chi connectivity index (χ4n) is 5.07. The Hall–Kier alpha value is -4.13. The summed E-state index contributed by atoms with van der Waals surface area (Å²) in [6.07, 6.45) is 0.777. The van der Waals surface area contributed by atoms with Gasteiger partial charge in [-0.2, -0.15) is 0 Å². The largest absolute Gasteiger partial charge is 0.478 e. The van der Waals surface area contributed by atoms with Crippen molar-refractivity contribution in [1.29, 1.82) is 0 Å². The van der Waals surface area contributed by atoms with E-state index in [4.69, 9.17) is 4.74 Å². The van der Waals surface area contributed by atoms with Gasteiger partial charge in [0.1, 0.15) is 12.6 Å². The molecule has 1 aliphatic heterocycles. The summed E-state index contributed by atoms with van der Waals surface area (Å²) in [5.41, 5.74) is 6.24. The van der Waals surface area contributed by atoms with E-state index in [1.54, 1.807) is 24.0 Å². The van der Waals surface area contributed by atoms with Gasteiger partial charge < -0.3 is 20.1 Å². The molecule has 5 rings (SSSR count). The molecule has 0 aromatic heterocycles. The lowest BCUT2D eigenvalue weighted by Gasteiger charge is -2.31. The van der Waals surface area contributed by atoms with Gasteiger partial charge in [-0.05, 0) is 65.8 Å². The second-order valence-corrected chi connectivity index (χ2v) is 8.93. The number of amides is 2. The first-order valence-corrected chi connectivity index (χ1v) is 11.7. The molecule has 1 atom stereocenters. The summed E-state index contributed by atoms with van der Waals surface area (Å²) in [4.78, 5) is 38.7. The molecule has 1 aliphatic carbocycles. The summed E-state index contributed by atoms with van der Waals surface area (Å²) in [7, 11) is 0. The highest BCUT2D eigenvalue weighted by molar-refractivity contribution is 6.00. The van der Waals surface area contributed by atoms with Crippen LogP contribution in [0.5, 0.6) is 0 Å². The zero-order valence-corrected chi connectivity index (χ0v) is 19.4. The quantitative estimate of drug-likeness (QED) is 0.569. The maximum Gasteiger partial charge on any atom is 0.407 e. The smallest absolute Gasteiger partial charge is 0.407 e. The lowest BCUT2D eigenvalue weighted by atomic mass is 9.98. The van der Waals surface area contributed by atoms with Gasteiger partial charge in [0, 0.05) is 18.2 Å². The van der Waals surface area contributed by atoms with E-state index in [-0.39, 0.29) is 24.0 Å². The Labute approximate surface area is 203 Å². The topological polar surface area (TPSA) is 95.9 Å². The lowest BCUT2D eigenvalue weighted by Crippen LogP contribution is -2.48. The third kappa shape index (κ3) is 4.25. The van der Waals surface area contributed by atoms with E-state index in [0.29, 0.717) is 18.7 Å². The zero-order valence-electron chi connectivity index (χ0n) is 19.4. The monoisotopic (exact) mass is 470 g/mol. The molecule has 3 aromatic rings. The number of nitrogens with zero attached hydrogens (tertiary/aromatic N) is 1. The molecule has 35 heavy (non-hydrogen) atoms. The van der Waals surface area contributed by atoms with E-state index in [1.807, 2.05) is 24.3 Å². The number of carboxylic acids is 1. The van der Waals surface area contributed by atoms with Crippen LogP contribution in [0.3, 0.4) is 0 Å². The van der Waals surface area contributed by atoms with Gasteiger partial charge in [0.25, 0.3) is 0 Å². The third-order valence-corrected chi connectivity index (χ3v) is 6.76. The van der Waals surface area contributed by atoms with E-state index in [9.17, 15) is 19.5 Å². The second kappa shape index (κ2) is 9.25. The van der Waals surface area contributed by atoms with E-state index in [0.717, 1.165) is 34.2 Å². The van der Waals surface area contributed by atoms with E-state index >= 15 is 0 Å².